The summed E-state index contributed by atoms with van der Waals surface area (Å²) in [7, 11) is -3.82. The van der Waals surface area contributed by atoms with Crippen molar-refractivity contribution in [3.63, 3.8) is 0 Å². The molecule has 0 aromatic heterocycles. The van der Waals surface area contributed by atoms with Crippen LogP contribution in [0.2, 0.25) is 10.0 Å². The first-order valence-corrected chi connectivity index (χ1v) is 12.8. The normalized spacial score (nSPS) is 11.1. The number of carbonyl (C=O) groups excluding carboxylic acids is 1. The van der Waals surface area contributed by atoms with Gasteiger partial charge in [-0.1, -0.05) is 47.5 Å². The number of amides is 1. The van der Waals surface area contributed by atoms with Crippen LogP contribution >= 0.6 is 23.2 Å². The highest BCUT2D eigenvalue weighted by Gasteiger charge is 2.23. The highest BCUT2D eigenvalue weighted by Crippen LogP contribution is 2.32. The SMILES string of the molecule is CS(=O)(=O)N(Cc1ccc(C(=O)NCCOc2ccccc2Cl)cc1)c1cc([N+](=O)[O-])ccc1Cl. The first-order valence-electron chi connectivity index (χ1n) is 10.2. The molecule has 0 aliphatic carbocycles. The number of nitro groups is 1. The standard InChI is InChI=1S/C23H21Cl2N3O6S/c1-35(32,33)27(21-14-18(28(30)31)10-11-19(21)24)15-16-6-8-17(9-7-16)23(29)26-12-13-34-22-5-3-2-4-20(22)25/h2-11,14H,12-13,15H2,1H3,(H,26,29). The number of nitro benzene ring substituents is 1. The molecule has 3 aromatic rings. The van der Waals surface area contributed by atoms with E-state index in [4.69, 9.17) is 27.9 Å². The Morgan fingerprint density at radius 3 is 2.37 bits per heavy atom. The predicted molar refractivity (Wildman–Crippen MR) is 135 cm³/mol. The summed E-state index contributed by atoms with van der Waals surface area (Å²) >= 11 is 12.2. The van der Waals surface area contributed by atoms with E-state index in [1.807, 2.05) is 0 Å². The number of nitrogens with zero attached hydrogens (tertiary/aromatic N) is 2. The van der Waals surface area contributed by atoms with E-state index >= 15 is 0 Å². The molecule has 0 bridgehead atoms. The topological polar surface area (TPSA) is 119 Å². The second-order valence-corrected chi connectivity index (χ2v) is 10.1. The van der Waals surface area contributed by atoms with E-state index in [2.05, 4.69) is 5.32 Å². The fourth-order valence-electron chi connectivity index (χ4n) is 3.10. The zero-order valence-electron chi connectivity index (χ0n) is 18.5. The zero-order valence-corrected chi connectivity index (χ0v) is 20.8. The molecule has 0 fully saturated rings. The number of carbonyl (C=O) groups is 1. The third-order valence-electron chi connectivity index (χ3n) is 4.83. The molecule has 1 amide bonds. The minimum absolute atomic E-state index is 0.0105. The van der Waals surface area contributed by atoms with E-state index < -0.39 is 14.9 Å². The first kappa shape index (κ1) is 26.3. The predicted octanol–water partition coefficient (Wildman–Crippen LogP) is 4.68. The van der Waals surface area contributed by atoms with Gasteiger partial charge in [0.05, 0.1) is 40.0 Å². The van der Waals surface area contributed by atoms with Crippen LogP contribution in [0.1, 0.15) is 15.9 Å². The molecular formula is C23H21Cl2N3O6S. The van der Waals surface area contributed by atoms with Gasteiger partial charge >= 0.3 is 0 Å². The van der Waals surface area contributed by atoms with Gasteiger partial charge in [0.1, 0.15) is 12.4 Å². The number of non-ortho nitro benzene ring substituents is 1. The van der Waals surface area contributed by atoms with Crippen molar-refractivity contribution in [1.82, 2.24) is 5.32 Å². The highest BCUT2D eigenvalue weighted by molar-refractivity contribution is 7.92. The van der Waals surface area contributed by atoms with E-state index in [9.17, 15) is 23.3 Å². The molecule has 0 heterocycles. The fourth-order valence-corrected chi connectivity index (χ4v) is 4.46. The van der Waals surface area contributed by atoms with Crippen molar-refractivity contribution in [2.45, 2.75) is 6.54 Å². The second kappa shape index (κ2) is 11.4. The number of benzene rings is 3. The van der Waals surface area contributed by atoms with E-state index in [1.165, 1.54) is 12.1 Å². The maximum Gasteiger partial charge on any atom is 0.271 e. The van der Waals surface area contributed by atoms with Crippen LogP contribution in [0.25, 0.3) is 0 Å². The van der Waals surface area contributed by atoms with E-state index in [-0.39, 0.29) is 42.0 Å². The molecule has 0 aliphatic rings. The molecule has 9 nitrogen and oxygen atoms in total. The number of hydrogen-bond donors (Lipinski definition) is 1. The summed E-state index contributed by atoms with van der Waals surface area (Å²) in [4.78, 5) is 22.9. The van der Waals surface area contributed by atoms with Crippen molar-refractivity contribution < 1.29 is 22.9 Å². The number of rotatable bonds is 10. The van der Waals surface area contributed by atoms with Crippen LogP contribution in [0.3, 0.4) is 0 Å². The molecule has 184 valence electrons. The maximum absolute atomic E-state index is 12.4. The zero-order chi connectivity index (χ0) is 25.6. The van der Waals surface area contributed by atoms with Gasteiger partial charge < -0.3 is 10.1 Å². The summed E-state index contributed by atoms with van der Waals surface area (Å²) < 4.78 is 31.4. The van der Waals surface area contributed by atoms with Crippen LogP contribution in [0.5, 0.6) is 5.75 Å². The third-order valence-corrected chi connectivity index (χ3v) is 6.59. The number of para-hydroxylation sites is 1. The van der Waals surface area contributed by atoms with Crippen molar-refractivity contribution in [2.24, 2.45) is 0 Å². The van der Waals surface area contributed by atoms with Gasteiger partial charge in [-0.25, -0.2) is 8.42 Å². The Balaban J connectivity index is 1.66. The average molecular weight is 538 g/mol. The van der Waals surface area contributed by atoms with Crippen molar-refractivity contribution in [3.8, 4) is 5.75 Å². The summed E-state index contributed by atoms with van der Waals surface area (Å²) in [5, 5.41) is 14.4. The number of sulfonamides is 1. The smallest absolute Gasteiger partial charge is 0.271 e. The quantitative estimate of drug-likeness (QED) is 0.228. The molecule has 0 spiro atoms. The Morgan fingerprint density at radius 1 is 1.06 bits per heavy atom. The van der Waals surface area contributed by atoms with Gasteiger partial charge in [0.25, 0.3) is 11.6 Å². The molecule has 0 radical (unpaired) electrons. The lowest BCUT2D eigenvalue weighted by molar-refractivity contribution is -0.384. The minimum Gasteiger partial charge on any atom is -0.490 e. The van der Waals surface area contributed by atoms with Crippen molar-refractivity contribution in [3.05, 3.63) is 98.0 Å². The molecule has 1 N–H and O–H groups in total. The van der Waals surface area contributed by atoms with Crippen LogP contribution < -0.4 is 14.4 Å². The third kappa shape index (κ3) is 7.08. The summed E-state index contributed by atoms with van der Waals surface area (Å²) in [6.07, 6.45) is 0.981. The summed E-state index contributed by atoms with van der Waals surface area (Å²) in [5.41, 5.74) is 0.620. The maximum atomic E-state index is 12.4. The molecule has 0 unspecified atom stereocenters. The van der Waals surface area contributed by atoms with Gasteiger partial charge in [0.15, 0.2) is 0 Å². The molecule has 0 atom stereocenters. The molecular weight excluding hydrogens is 517 g/mol. The van der Waals surface area contributed by atoms with Crippen LogP contribution in [-0.4, -0.2) is 38.7 Å². The summed E-state index contributed by atoms with van der Waals surface area (Å²) in [5.74, 6) is 0.188. The Morgan fingerprint density at radius 2 is 1.74 bits per heavy atom. The van der Waals surface area contributed by atoms with Crippen molar-refractivity contribution in [1.29, 1.82) is 0 Å². The monoisotopic (exact) mass is 537 g/mol. The molecule has 0 aliphatic heterocycles. The van der Waals surface area contributed by atoms with E-state index in [1.54, 1.807) is 48.5 Å². The minimum atomic E-state index is -3.82. The van der Waals surface area contributed by atoms with Gasteiger partial charge in [-0.05, 0) is 35.9 Å². The van der Waals surface area contributed by atoms with E-state index in [0.29, 0.717) is 21.9 Å². The second-order valence-electron chi connectivity index (χ2n) is 7.39. The van der Waals surface area contributed by atoms with Gasteiger partial charge in [-0.15, -0.1) is 0 Å². The molecule has 3 aromatic carbocycles. The molecule has 0 saturated carbocycles. The number of hydrogen-bond acceptors (Lipinski definition) is 6. The number of anilines is 1. The summed E-state index contributed by atoms with van der Waals surface area (Å²) in [6.45, 7) is 0.340. The van der Waals surface area contributed by atoms with Crippen molar-refractivity contribution in [2.75, 3.05) is 23.7 Å². The molecule has 3 rings (SSSR count). The van der Waals surface area contributed by atoms with Gasteiger partial charge in [0.2, 0.25) is 10.0 Å². The first-order chi connectivity index (χ1) is 16.6. The lowest BCUT2D eigenvalue weighted by Crippen LogP contribution is -2.30. The average Bonchev–Trinajstić information content (AvgIpc) is 2.81. The largest absolute Gasteiger partial charge is 0.490 e. The summed E-state index contributed by atoms with van der Waals surface area (Å²) in [6, 6.07) is 16.9. The molecule has 12 heteroatoms. The van der Waals surface area contributed by atoms with Gasteiger partial charge in [-0.2, -0.15) is 0 Å². The van der Waals surface area contributed by atoms with Crippen LogP contribution in [0, 0.1) is 10.1 Å². The Bertz CT molecular complexity index is 1330. The highest BCUT2D eigenvalue weighted by atomic mass is 35.5. The Labute approximate surface area is 212 Å². The number of halogens is 2. The fraction of sp³-hybridized carbons (Fsp3) is 0.174. The van der Waals surface area contributed by atoms with Crippen LogP contribution in [0.15, 0.2) is 66.7 Å². The Kier molecular flexibility index (Phi) is 8.55. The number of ether oxygens (including phenoxy) is 1. The van der Waals surface area contributed by atoms with E-state index in [0.717, 1.165) is 16.6 Å². The van der Waals surface area contributed by atoms with Gasteiger partial charge in [-0.3, -0.25) is 19.2 Å². The van der Waals surface area contributed by atoms with Gasteiger partial charge in [0, 0.05) is 17.7 Å². The lowest BCUT2D eigenvalue weighted by atomic mass is 10.1. The van der Waals surface area contributed by atoms with Crippen LogP contribution in [0.4, 0.5) is 11.4 Å². The molecule has 35 heavy (non-hydrogen) atoms. The van der Waals surface area contributed by atoms with Crippen LogP contribution in [-0.2, 0) is 16.6 Å². The number of nitrogens with one attached hydrogen (secondary N) is 1. The van der Waals surface area contributed by atoms with Crippen molar-refractivity contribution >= 4 is 50.5 Å². The Hall–Kier alpha value is -3.34. The molecule has 0 saturated heterocycles. The lowest BCUT2D eigenvalue weighted by Gasteiger charge is -2.23.